The maximum atomic E-state index is 12.5. The fraction of sp³-hybridized carbons (Fsp3) is 0.812. The van der Waals surface area contributed by atoms with E-state index in [-0.39, 0.29) is 23.8 Å². The van der Waals surface area contributed by atoms with Gasteiger partial charge in [-0.1, -0.05) is 25.5 Å². The van der Waals surface area contributed by atoms with E-state index in [1.54, 1.807) is 0 Å². The van der Waals surface area contributed by atoms with Gasteiger partial charge in [0.05, 0.1) is 18.1 Å². The molecule has 0 saturated heterocycles. The van der Waals surface area contributed by atoms with E-state index in [2.05, 4.69) is 39.1 Å². The van der Waals surface area contributed by atoms with Gasteiger partial charge in [0.25, 0.3) is 0 Å². The van der Waals surface area contributed by atoms with Gasteiger partial charge < -0.3 is 10.4 Å². The van der Waals surface area contributed by atoms with Crippen molar-refractivity contribution in [2.24, 2.45) is 23.2 Å². The zero-order valence-electron chi connectivity index (χ0n) is 12.8. The molecule has 0 aromatic heterocycles. The van der Waals surface area contributed by atoms with Crippen LogP contribution in [0.25, 0.3) is 0 Å². The highest BCUT2D eigenvalue weighted by Crippen LogP contribution is 2.59. The van der Waals surface area contributed by atoms with Crippen molar-refractivity contribution in [3.05, 3.63) is 11.6 Å². The molecule has 0 heterocycles. The van der Waals surface area contributed by atoms with E-state index < -0.39 is 5.54 Å². The summed E-state index contributed by atoms with van der Waals surface area (Å²) in [6.45, 7) is 10.4. The molecule has 2 fully saturated rings. The Balaban J connectivity index is 2.03. The molecule has 0 bridgehead atoms. The van der Waals surface area contributed by atoms with Gasteiger partial charge in [-0.05, 0) is 50.9 Å². The third-order valence-electron chi connectivity index (χ3n) is 4.92. The second kappa shape index (κ2) is 4.62. The third-order valence-corrected chi connectivity index (χ3v) is 4.92. The molecule has 2 rings (SSSR count). The number of carbonyl (C=O) groups is 1. The van der Waals surface area contributed by atoms with E-state index in [1.165, 1.54) is 5.57 Å². The Morgan fingerprint density at radius 1 is 1.42 bits per heavy atom. The quantitative estimate of drug-likeness (QED) is 0.750. The van der Waals surface area contributed by atoms with E-state index in [4.69, 9.17) is 0 Å². The summed E-state index contributed by atoms with van der Waals surface area (Å²) in [5.74, 6) is 0.938. The molecule has 0 spiro atoms. The average molecular weight is 265 g/mol. The molecule has 2 saturated carbocycles. The zero-order valence-corrected chi connectivity index (χ0v) is 12.8. The topological polar surface area (TPSA) is 49.3 Å². The monoisotopic (exact) mass is 265 g/mol. The normalized spacial score (nSPS) is 31.3. The highest BCUT2D eigenvalue weighted by atomic mass is 16.3. The van der Waals surface area contributed by atoms with Crippen LogP contribution in [0.5, 0.6) is 0 Å². The number of rotatable bonds is 5. The third kappa shape index (κ3) is 2.71. The molecule has 108 valence electrons. The molecule has 0 radical (unpaired) electrons. The first-order valence-corrected chi connectivity index (χ1v) is 7.30. The number of hydrogen-bond acceptors (Lipinski definition) is 2. The lowest BCUT2D eigenvalue weighted by Gasteiger charge is -2.29. The van der Waals surface area contributed by atoms with Crippen molar-refractivity contribution < 1.29 is 9.90 Å². The molecule has 3 unspecified atom stereocenters. The predicted octanol–water partition coefficient (Wildman–Crippen LogP) is 2.50. The van der Waals surface area contributed by atoms with Crippen molar-refractivity contribution in [2.75, 3.05) is 6.61 Å². The van der Waals surface area contributed by atoms with Crippen LogP contribution >= 0.6 is 0 Å². The van der Waals surface area contributed by atoms with Gasteiger partial charge >= 0.3 is 0 Å². The van der Waals surface area contributed by atoms with Crippen LogP contribution in [-0.2, 0) is 4.79 Å². The fourth-order valence-corrected chi connectivity index (χ4v) is 3.20. The lowest BCUT2D eigenvalue weighted by atomic mass is 9.96. The summed E-state index contributed by atoms with van der Waals surface area (Å²) in [5.41, 5.74) is 0.882. The van der Waals surface area contributed by atoms with Crippen molar-refractivity contribution in [3.8, 4) is 0 Å². The van der Waals surface area contributed by atoms with Crippen LogP contribution in [0, 0.1) is 23.2 Å². The number of aliphatic hydroxyl groups excluding tert-OH is 1. The molecule has 3 atom stereocenters. The zero-order chi connectivity index (χ0) is 14.4. The minimum Gasteiger partial charge on any atom is -0.394 e. The Hall–Kier alpha value is -0.830. The number of amides is 1. The van der Waals surface area contributed by atoms with Gasteiger partial charge in [0.2, 0.25) is 5.91 Å². The number of allylic oxidation sites excluding steroid dienone is 2. The lowest BCUT2D eigenvalue weighted by molar-refractivity contribution is -0.125. The minimum atomic E-state index is -0.425. The first-order chi connectivity index (χ1) is 8.72. The van der Waals surface area contributed by atoms with Gasteiger partial charge in [0, 0.05) is 0 Å². The van der Waals surface area contributed by atoms with E-state index in [0.717, 1.165) is 12.8 Å². The van der Waals surface area contributed by atoms with Gasteiger partial charge in [-0.2, -0.15) is 0 Å². The minimum absolute atomic E-state index is 0.0316. The molecular weight excluding hydrogens is 238 g/mol. The molecule has 2 aliphatic rings. The van der Waals surface area contributed by atoms with Crippen LogP contribution in [0.1, 0.15) is 47.5 Å². The van der Waals surface area contributed by atoms with E-state index in [1.807, 2.05) is 6.92 Å². The maximum absolute atomic E-state index is 12.5. The number of aliphatic hydroxyl groups is 1. The molecule has 19 heavy (non-hydrogen) atoms. The van der Waals surface area contributed by atoms with E-state index in [9.17, 15) is 9.90 Å². The largest absolute Gasteiger partial charge is 0.394 e. The Bertz CT molecular complexity index is 405. The highest BCUT2D eigenvalue weighted by molar-refractivity contribution is 5.84. The average Bonchev–Trinajstić information content (AvgIpc) is 3.16. The van der Waals surface area contributed by atoms with Crippen LogP contribution in [0.15, 0.2) is 11.6 Å². The van der Waals surface area contributed by atoms with Crippen LogP contribution in [-0.4, -0.2) is 23.2 Å². The first kappa shape index (κ1) is 14.6. The molecule has 3 nitrogen and oxygen atoms in total. The molecule has 0 aromatic rings. The highest BCUT2D eigenvalue weighted by Gasteiger charge is 2.61. The second-order valence-corrected chi connectivity index (χ2v) is 7.41. The van der Waals surface area contributed by atoms with Crippen molar-refractivity contribution in [3.63, 3.8) is 0 Å². The Morgan fingerprint density at radius 3 is 2.42 bits per heavy atom. The van der Waals surface area contributed by atoms with Crippen LogP contribution < -0.4 is 5.32 Å². The van der Waals surface area contributed by atoms with Gasteiger partial charge in [-0.25, -0.2) is 0 Å². The van der Waals surface area contributed by atoms with Crippen LogP contribution in [0.2, 0.25) is 0 Å². The van der Waals surface area contributed by atoms with E-state index >= 15 is 0 Å². The molecule has 2 N–H and O–H groups in total. The van der Waals surface area contributed by atoms with Gasteiger partial charge in [0.1, 0.15) is 0 Å². The SMILES string of the molecule is CC(C)=CC1C(C(=O)NC(C)(CO)C2CC2)C1(C)C. The number of nitrogens with one attached hydrogen (secondary N) is 1. The van der Waals surface area contributed by atoms with Crippen molar-refractivity contribution in [2.45, 2.75) is 53.0 Å². The molecule has 3 heteroatoms. The fourth-order valence-electron chi connectivity index (χ4n) is 3.20. The lowest BCUT2D eigenvalue weighted by Crippen LogP contribution is -2.51. The van der Waals surface area contributed by atoms with Gasteiger partial charge in [-0.15, -0.1) is 0 Å². The molecule has 0 aromatic carbocycles. The summed E-state index contributed by atoms with van der Waals surface area (Å²) >= 11 is 0. The second-order valence-electron chi connectivity index (χ2n) is 7.41. The maximum Gasteiger partial charge on any atom is 0.224 e. The van der Waals surface area contributed by atoms with Crippen molar-refractivity contribution in [1.82, 2.24) is 5.32 Å². The molecular formula is C16H27NO2. The standard InChI is InChI=1S/C16H27NO2/c1-10(2)8-12-13(15(12,3)4)14(19)17-16(5,9-18)11-6-7-11/h8,11-13,18H,6-7,9H2,1-5H3,(H,17,19). The van der Waals surface area contributed by atoms with Crippen molar-refractivity contribution >= 4 is 5.91 Å². The summed E-state index contributed by atoms with van der Waals surface area (Å²) in [7, 11) is 0. The summed E-state index contributed by atoms with van der Waals surface area (Å²) in [4.78, 5) is 12.5. The summed E-state index contributed by atoms with van der Waals surface area (Å²) in [6, 6.07) is 0. The van der Waals surface area contributed by atoms with Crippen LogP contribution in [0.4, 0.5) is 0 Å². The number of carbonyl (C=O) groups excluding carboxylic acids is 1. The van der Waals surface area contributed by atoms with Gasteiger partial charge in [-0.3, -0.25) is 4.79 Å². The molecule has 1 amide bonds. The predicted molar refractivity (Wildman–Crippen MR) is 76.5 cm³/mol. The van der Waals surface area contributed by atoms with Gasteiger partial charge in [0.15, 0.2) is 0 Å². The summed E-state index contributed by atoms with van der Waals surface area (Å²) < 4.78 is 0. The Kier molecular flexibility index (Phi) is 3.54. The van der Waals surface area contributed by atoms with Crippen LogP contribution in [0.3, 0.4) is 0 Å². The number of hydrogen-bond donors (Lipinski definition) is 2. The summed E-state index contributed by atoms with van der Waals surface area (Å²) in [6.07, 6.45) is 4.43. The first-order valence-electron chi connectivity index (χ1n) is 7.30. The molecule has 0 aliphatic heterocycles. The molecule has 2 aliphatic carbocycles. The Labute approximate surface area is 116 Å². The van der Waals surface area contributed by atoms with Crippen molar-refractivity contribution in [1.29, 1.82) is 0 Å². The smallest absolute Gasteiger partial charge is 0.224 e. The van der Waals surface area contributed by atoms with E-state index in [0.29, 0.717) is 11.8 Å². The summed E-state index contributed by atoms with van der Waals surface area (Å²) in [5, 5.41) is 12.7. The Morgan fingerprint density at radius 2 is 2.00 bits per heavy atom.